The number of aliphatic carboxylic acids is 2. The van der Waals surface area contributed by atoms with Gasteiger partial charge in [-0.2, -0.15) is 0 Å². The lowest BCUT2D eigenvalue weighted by Gasteiger charge is -2.31. The maximum absolute atomic E-state index is 13.9. The lowest BCUT2D eigenvalue weighted by molar-refractivity contribution is -0.145. The van der Waals surface area contributed by atoms with Gasteiger partial charge in [-0.15, -0.1) is 0 Å². The van der Waals surface area contributed by atoms with Crippen molar-refractivity contribution in [3.8, 4) is 0 Å². The Morgan fingerprint density at radius 3 is 2.08 bits per heavy atom. The van der Waals surface area contributed by atoms with Crippen LogP contribution in [0.25, 0.3) is 0 Å². The molecule has 21 nitrogen and oxygen atoms in total. The third kappa shape index (κ3) is 17.3. The number of nitrogens with zero attached hydrogens (tertiary/aromatic N) is 2. The van der Waals surface area contributed by atoms with Crippen LogP contribution in [0.3, 0.4) is 0 Å². The Morgan fingerprint density at radius 1 is 0.830 bits per heavy atom. The van der Waals surface area contributed by atoms with Gasteiger partial charge in [0, 0.05) is 13.1 Å². The highest BCUT2D eigenvalue weighted by Crippen LogP contribution is 2.21. The molecule has 15 N–H and O–H groups in total. The van der Waals surface area contributed by atoms with Gasteiger partial charge in [0.2, 0.25) is 35.4 Å². The van der Waals surface area contributed by atoms with Crippen LogP contribution in [0.15, 0.2) is 4.99 Å². The monoisotopic (exact) mass is 755 g/mol. The molecule has 21 heteroatoms. The van der Waals surface area contributed by atoms with E-state index in [1.807, 2.05) is 13.8 Å². The van der Waals surface area contributed by atoms with Gasteiger partial charge in [0.05, 0.1) is 19.0 Å². The summed E-state index contributed by atoms with van der Waals surface area (Å²) in [7, 11) is 0. The molecule has 0 saturated carbocycles. The number of aliphatic imine (C=N–C) groups is 1. The van der Waals surface area contributed by atoms with Crippen LogP contribution in [0, 0.1) is 5.92 Å². The predicted octanol–water partition coefficient (Wildman–Crippen LogP) is -3.83. The number of guanidine groups is 1. The van der Waals surface area contributed by atoms with Crippen LogP contribution in [0.2, 0.25) is 0 Å². The first-order chi connectivity index (χ1) is 24.9. The molecule has 0 radical (unpaired) electrons. The second kappa shape index (κ2) is 23.5. The van der Waals surface area contributed by atoms with Gasteiger partial charge in [-0.1, -0.05) is 13.8 Å². The first-order valence-corrected chi connectivity index (χ1v) is 17.6. The fraction of sp³-hybridized carbons (Fsp3) is 0.719. The zero-order valence-electron chi connectivity index (χ0n) is 30.6. The molecule has 0 aromatic heterocycles. The third-order valence-corrected chi connectivity index (χ3v) is 8.23. The summed E-state index contributed by atoms with van der Waals surface area (Å²) in [5.41, 5.74) is 22.1. The van der Waals surface area contributed by atoms with Gasteiger partial charge in [0.1, 0.15) is 30.2 Å². The fourth-order valence-electron chi connectivity index (χ4n) is 5.45. The molecular weight excluding hydrogens is 698 g/mol. The van der Waals surface area contributed by atoms with E-state index < -0.39 is 96.6 Å². The van der Waals surface area contributed by atoms with Gasteiger partial charge in [-0.25, -0.2) is 0 Å². The van der Waals surface area contributed by atoms with Crippen LogP contribution >= 0.6 is 0 Å². The summed E-state index contributed by atoms with van der Waals surface area (Å²) in [5, 5.41) is 30.6. The van der Waals surface area contributed by atoms with Gasteiger partial charge in [-0.05, 0) is 70.8 Å². The number of carbonyl (C=O) groups is 8. The molecule has 0 unspecified atom stereocenters. The Balaban J connectivity index is 3.06. The van der Waals surface area contributed by atoms with Crippen LogP contribution in [0.5, 0.6) is 0 Å². The summed E-state index contributed by atoms with van der Waals surface area (Å²) in [6.45, 7) is 5.07. The summed E-state index contributed by atoms with van der Waals surface area (Å²) in [6.07, 6.45) is 1.73. The number of hydrogen-bond donors (Lipinski definition) is 11. The smallest absolute Gasteiger partial charge is 0.325 e. The molecule has 0 aromatic carbocycles. The van der Waals surface area contributed by atoms with Crippen molar-refractivity contribution in [2.45, 2.75) is 115 Å². The lowest BCUT2D eigenvalue weighted by atomic mass is 10.0. The number of likely N-dealkylation sites (tertiary alicyclic amines) is 1. The van der Waals surface area contributed by atoms with Crippen molar-refractivity contribution in [2.75, 3.05) is 26.2 Å². The minimum atomic E-state index is -1.63. The highest BCUT2D eigenvalue weighted by atomic mass is 16.4. The Morgan fingerprint density at radius 2 is 1.49 bits per heavy atom. The molecule has 0 aliphatic carbocycles. The number of hydrogen-bond acceptors (Lipinski definition) is 11. The average molecular weight is 756 g/mol. The molecule has 1 aliphatic heterocycles. The van der Waals surface area contributed by atoms with Crippen molar-refractivity contribution in [2.24, 2.45) is 33.8 Å². The number of rotatable bonds is 24. The van der Waals surface area contributed by atoms with Crippen LogP contribution < -0.4 is 49.5 Å². The first kappa shape index (κ1) is 46.0. The van der Waals surface area contributed by atoms with Crippen LogP contribution in [-0.4, -0.2) is 131 Å². The molecule has 1 fully saturated rings. The Hall–Kier alpha value is -5.05. The maximum atomic E-state index is 13.9. The van der Waals surface area contributed by atoms with Crippen molar-refractivity contribution < 1.29 is 48.6 Å². The van der Waals surface area contributed by atoms with Crippen molar-refractivity contribution in [1.82, 2.24) is 31.5 Å². The third-order valence-electron chi connectivity index (χ3n) is 8.23. The van der Waals surface area contributed by atoms with Crippen LogP contribution in [-0.2, 0) is 38.4 Å². The van der Waals surface area contributed by atoms with E-state index in [4.69, 9.17) is 28.0 Å². The topological polar surface area (TPSA) is 357 Å². The van der Waals surface area contributed by atoms with E-state index in [1.165, 1.54) is 11.8 Å². The quantitative estimate of drug-likeness (QED) is 0.0256. The molecule has 6 atom stereocenters. The van der Waals surface area contributed by atoms with Crippen LogP contribution in [0.4, 0.5) is 0 Å². The van der Waals surface area contributed by atoms with Gasteiger partial charge < -0.3 is 64.6 Å². The highest BCUT2D eigenvalue weighted by Gasteiger charge is 2.40. The predicted molar refractivity (Wildman–Crippen MR) is 191 cm³/mol. The molecule has 1 rings (SSSR count). The van der Waals surface area contributed by atoms with E-state index in [-0.39, 0.29) is 50.7 Å². The molecule has 53 heavy (non-hydrogen) atoms. The Labute approximate surface area is 308 Å². The van der Waals surface area contributed by atoms with Crippen molar-refractivity contribution >= 4 is 53.3 Å². The number of unbranched alkanes of at least 4 members (excludes halogenated alkanes) is 1. The SMILES string of the molecule is CC(C)C[C@H](NC(=O)[C@H](CCCCN)NC(=O)CNC(=O)[C@@H](N)CCCN=C(N)N)C(=O)N1CCC[C@H]1C(=O)N[C@@H](CC(=O)O)C(=O)N[C@@H](C)C(=O)O. The van der Waals surface area contributed by atoms with Crippen LogP contribution in [0.1, 0.15) is 78.6 Å². The normalized spacial score (nSPS) is 16.6. The Kier molecular flexibility index (Phi) is 20.4. The molecule has 300 valence electrons. The Bertz CT molecular complexity index is 1320. The van der Waals surface area contributed by atoms with Crippen molar-refractivity contribution in [3.05, 3.63) is 0 Å². The minimum absolute atomic E-state index is 0.0883. The lowest BCUT2D eigenvalue weighted by Crippen LogP contribution is -2.59. The number of nitrogens with one attached hydrogen (secondary N) is 5. The first-order valence-electron chi connectivity index (χ1n) is 17.6. The summed E-state index contributed by atoms with van der Waals surface area (Å²) in [6, 6.07) is -7.27. The van der Waals surface area contributed by atoms with Gasteiger partial charge in [-0.3, -0.25) is 43.3 Å². The van der Waals surface area contributed by atoms with Crippen molar-refractivity contribution in [3.63, 3.8) is 0 Å². The molecule has 0 bridgehead atoms. The number of carbonyl (C=O) groups excluding carboxylic acids is 6. The van der Waals surface area contributed by atoms with Gasteiger partial charge >= 0.3 is 11.9 Å². The maximum Gasteiger partial charge on any atom is 0.325 e. The van der Waals surface area contributed by atoms with E-state index in [1.54, 1.807) is 0 Å². The second-order valence-corrected chi connectivity index (χ2v) is 13.3. The zero-order chi connectivity index (χ0) is 40.2. The molecule has 6 amide bonds. The van der Waals surface area contributed by atoms with E-state index in [9.17, 15) is 43.5 Å². The number of carboxylic acid groups (broad SMARTS) is 2. The van der Waals surface area contributed by atoms with Gasteiger partial charge in [0.25, 0.3) is 0 Å². The van der Waals surface area contributed by atoms with E-state index in [2.05, 4.69) is 31.6 Å². The van der Waals surface area contributed by atoms with E-state index in [0.29, 0.717) is 32.2 Å². The summed E-state index contributed by atoms with van der Waals surface area (Å²) in [4.78, 5) is 107. The highest BCUT2D eigenvalue weighted by molar-refractivity contribution is 5.97. The zero-order valence-corrected chi connectivity index (χ0v) is 30.6. The minimum Gasteiger partial charge on any atom is -0.481 e. The fourth-order valence-corrected chi connectivity index (χ4v) is 5.45. The molecule has 1 saturated heterocycles. The molecular formula is C32H57N11O10. The van der Waals surface area contributed by atoms with Gasteiger partial charge in [0.15, 0.2) is 5.96 Å². The summed E-state index contributed by atoms with van der Waals surface area (Å²) in [5.74, 6) is -7.39. The standard InChI is InChI=1S/C32H57N11O10/c1-17(2)14-22(30(51)43-13-7-10-23(43)29(50)41-21(15-25(45)46)28(49)39-18(3)31(52)53)42-27(48)20(9-4-5-11-33)40-24(44)16-38-26(47)19(34)8-6-12-37-32(35)36/h17-23H,4-16,33-34H2,1-3H3,(H,38,47)(H,39,49)(H,40,44)(H,41,50)(H,42,48)(H,45,46)(H,52,53)(H4,35,36,37)/t18-,19-,20-,21-,22-,23-/m0/s1. The largest absolute Gasteiger partial charge is 0.481 e. The molecule has 1 aliphatic rings. The van der Waals surface area contributed by atoms with E-state index >= 15 is 0 Å². The molecule has 1 heterocycles. The number of carboxylic acids is 2. The average Bonchev–Trinajstić information content (AvgIpc) is 3.57. The van der Waals surface area contributed by atoms with Crippen molar-refractivity contribution in [1.29, 1.82) is 0 Å². The number of amides is 6. The summed E-state index contributed by atoms with van der Waals surface area (Å²) >= 11 is 0. The molecule has 0 spiro atoms. The summed E-state index contributed by atoms with van der Waals surface area (Å²) < 4.78 is 0. The van der Waals surface area contributed by atoms with E-state index in [0.717, 1.165) is 0 Å². The molecule has 0 aromatic rings. The second-order valence-electron chi connectivity index (χ2n) is 13.3. The number of nitrogens with two attached hydrogens (primary N) is 4.